The molecule has 1 amide bonds. The molecule has 0 unspecified atom stereocenters. The van der Waals surface area contributed by atoms with E-state index in [-0.39, 0.29) is 5.91 Å². The number of carbonyl (C=O) groups excluding carboxylic acids is 1. The highest BCUT2D eigenvalue weighted by molar-refractivity contribution is 5.93. The van der Waals surface area contributed by atoms with Gasteiger partial charge in [0.2, 0.25) is 0 Å². The van der Waals surface area contributed by atoms with Gasteiger partial charge in [-0.2, -0.15) is 0 Å². The van der Waals surface area contributed by atoms with Crippen LogP contribution in [0.3, 0.4) is 0 Å². The standard InChI is InChI=1S/C20H25N3O/c1-21(2)20(24)17-11-9-16(10-12-17)15-23-14-6-13-22(3)18-7-4-5-8-19(18)23/h4-5,7-12H,6,13-15H2,1-3H3. The molecule has 2 aromatic rings. The molecule has 0 atom stereocenters. The number of hydrogen-bond acceptors (Lipinski definition) is 3. The zero-order valence-corrected chi connectivity index (χ0v) is 14.7. The van der Waals surface area contributed by atoms with Gasteiger partial charge >= 0.3 is 0 Å². The van der Waals surface area contributed by atoms with Gasteiger partial charge in [-0.1, -0.05) is 24.3 Å². The molecular formula is C20H25N3O. The van der Waals surface area contributed by atoms with Gasteiger partial charge in [-0.25, -0.2) is 0 Å². The van der Waals surface area contributed by atoms with Crippen LogP contribution < -0.4 is 9.80 Å². The molecule has 3 rings (SSSR count). The van der Waals surface area contributed by atoms with Gasteiger partial charge in [0.25, 0.3) is 5.91 Å². The third-order valence-corrected chi connectivity index (χ3v) is 4.54. The first-order valence-electron chi connectivity index (χ1n) is 8.42. The van der Waals surface area contributed by atoms with Gasteiger partial charge in [0, 0.05) is 46.3 Å². The Bertz CT molecular complexity index is 709. The van der Waals surface area contributed by atoms with Gasteiger partial charge in [0.15, 0.2) is 0 Å². The van der Waals surface area contributed by atoms with E-state index in [0.717, 1.165) is 31.6 Å². The molecular weight excluding hydrogens is 298 g/mol. The lowest BCUT2D eigenvalue weighted by Crippen LogP contribution is -2.24. The summed E-state index contributed by atoms with van der Waals surface area (Å²) in [5, 5.41) is 0. The molecule has 4 nitrogen and oxygen atoms in total. The minimum Gasteiger partial charge on any atom is -0.373 e. The molecule has 126 valence electrons. The predicted molar refractivity (Wildman–Crippen MR) is 99.8 cm³/mol. The summed E-state index contributed by atoms with van der Waals surface area (Å²) >= 11 is 0. The van der Waals surface area contributed by atoms with Crippen molar-refractivity contribution in [2.75, 3.05) is 44.0 Å². The van der Waals surface area contributed by atoms with E-state index in [4.69, 9.17) is 0 Å². The summed E-state index contributed by atoms with van der Waals surface area (Å²) in [5.74, 6) is 0.0447. The van der Waals surface area contributed by atoms with E-state index < -0.39 is 0 Å². The third-order valence-electron chi connectivity index (χ3n) is 4.54. The van der Waals surface area contributed by atoms with E-state index in [9.17, 15) is 4.79 Å². The first kappa shape index (κ1) is 16.4. The first-order chi connectivity index (χ1) is 11.6. The van der Waals surface area contributed by atoms with Crippen molar-refractivity contribution in [3.05, 3.63) is 59.7 Å². The van der Waals surface area contributed by atoms with Crippen LogP contribution in [-0.4, -0.2) is 45.0 Å². The van der Waals surface area contributed by atoms with Gasteiger partial charge < -0.3 is 14.7 Å². The average Bonchev–Trinajstić information content (AvgIpc) is 2.75. The van der Waals surface area contributed by atoms with Gasteiger partial charge in [-0.15, -0.1) is 0 Å². The summed E-state index contributed by atoms with van der Waals surface area (Å²) in [6.45, 7) is 2.98. The minimum atomic E-state index is 0.0447. The Balaban J connectivity index is 1.81. The Morgan fingerprint density at radius 2 is 1.67 bits per heavy atom. The molecule has 1 aliphatic rings. The molecule has 2 aromatic carbocycles. The van der Waals surface area contributed by atoms with Crippen LogP contribution in [0.1, 0.15) is 22.3 Å². The molecule has 0 saturated heterocycles. The van der Waals surface area contributed by atoms with Crippen LogP contribution in [0.25, 0.3) is 0 Å². The Hall–Kier alpha value is -2.49. The summed E-state index contributed by atoms with van der Waals surface area (Å²) < 4.78 is 0. The summed E-state index contributed by atoms with van der Waals surface area (Å²) in [4.78, 5) is 18.4. The molecule has 0 fully saturated rings. The van der Waals surface area contributed by atoms with Crippen LogP contribution in [-0.2, 0) is 6.54 Å². The lowest BCUT2D eigenvalue weighted by atomic mass is 10.1. The van der Waals surface area contributed by atoms with Gasteiger partial charge in [-0.05, 0) is 36.2 Å². The van der Waals surface area contributed by atoms with Crippen LogP contribution >= 0.6 is 0 Å². The molecule has 1 aliphatic heterocycles. The Labute approximate surface area is 144 Å². The van der Waals surface area contributed by atoms with Gasteiger partial charge in [0.1, 0.15) is 0 Å². The molecule has 4 heteroatoms. The number of para-hydroxylation sites is 2. The fourth-order valence-electron chi connectivity index (χ4n) is 3.19. The van der Waals surface area contributed by atoms with Gasteiger partial charge in [0.05, 0.1) is 11.4 Å². The van der Waals surface area contributed by atoms with Crippen LogP contribution in [0.15, 0.2) is 48.5 Å². The zero-order chi connectivity index (χ0) is 17.1. The lowest BCUT2D eigenvalue weighted by molar-refractivity contribution is 0.0827. The summed E-state index contributed by atoms with van der Waals surface area (Å²) in [6, 6.07) is 16.6. The summed E-state index contributed by atoms with van der Waals surface area (Å²) in [7, 11) is 5.71. The second kappa shape index (κ2) is 6.95. The molecule has 1 heterocycles. The molecule has 0 aliphatic carbocycles. The van der Waals surface area contributed by atoms with E-state index in [1.54, 1.807) is 19.0 Å². The monoisotopic (exact) mass is 323 g/mol. The number of benzene rings is 2. The topological polar surface area (TPSA) is 26.8 Å². The second-order valence-corrected chi connectivity index (χ2v) is 6.58. The minimum absolute atomic E-state index is 0.0447. The Morgan fingerprint density at radius 3 is 2.33 bits per heavy atom. The van der Waals surface area contributed by atoms with E-state index in [0.29, 0.717) is 0 Å². The van der Waals surface area contributed by atoms with Crippen LogP contribution in [0.4, 0.5) is 11.4 Å². The van der Waals surface area contributed by atoms with Crippen molar-refractivity contribution in [1.29, 1.82) is 0 Å². The highest BCUT2D eigenvalue weighted by atomic mass is 16.2. The summed E-state index contributed by atoms with van der Waals surface area (Å²) in [5.41, 5.74) is 4.53. The maximum atomic E-state index is 12.0. The average molecular weight is 323 g/mol. The predicted octanol–water partition coefficient (Wildman–Crippen LogP) is 3.23. The van der Waals surface area contributed by atoms with E-state index in [1.165, 1.54) is 16.9 Å². The van der Waals surface area contributed by atoms with Crippen LogP contribution in [0.2, 0.25) is 0 Å². The molecule has 0 spiro atoms. The Morgan fingerprint density at radius 1 is 1.00 bits per heavy atom. The molecule has 0 radical (unpaired) electrons. The molecule has 0 saturated carbocycles. The first-order valence-corrected chi connectivity index (χ1v) is 8.42. The second-order valence-electron chi connectivity index (χ2n) is 6.58. The van der Waals surface area contributed by atoms with Crippen molar-refractivity contribution in [1.82, 2.24) is 4.90 Å². The van der Waals surface area contributed by atoms with Crippen molar-refractivity contribution < 1.29 is 4.79 Å². The maximum absolute atomic E-state index is 12.0. The molecule has 0 aromatic heterocycles. The maximum Gasteiger partial charge on any atom is 0.253 e. The normalized spacial score (nSPS) is 14.1. The quantitative estimate of drug-likeness (QED) is 0.867. The molecule has 0 bridgehead atoms. The third kappa shape index (κ3) is 3.37. The number of anilines is 2. The number of nitrogens with zero attached hydrogens (tertiary/aromatic N) is 3. The van der Waals surface area contributed by atoms with E-state index >= 15 is 0 Å². The molecule has 24 heavy (non-hydrogen) atoms. The largest absolute Gasteiger partial charge is 0.373 e. The fourth-order valence-corrected chi connectivity index (χ4v) is 3.19. The smallest absolute Gasteiger partial charge is 0.253 e. The SMILES string of the molecule is CN(C)C(=O)c1ccc(CN2CCCN(C)c3ccccc32)cc1. The van der Waals surface area contributed by atoms with Crippen LogP contribution in [0.5, 0.6) is 0 Å². The number of hydrogen-bond donors (Lipinski definition) is 0. The highest BCUT2D eigenvalue weighted by Crippen LogP contribution is 2.32. The van der Waals surface area contributed by atoms with E-state index in [2.05, 4.69) is 53.2 Å². The number of amides is 1. The summed E-state index contributed by atoms with van der Waals surface area (Å²) in [6.07, 6.45) is 1.14. The van der Waals surface area contributed by atoms with Crippen LogP contribution in [0, 0.1) is 0 Å². The highest BCUT2D eigenvalue weighted by Gasteiger charge is 2.18. The Kier molecular flexibility index (Phi) is 4.74. The lowest BCUT2D eigenvalue weighted by Gasteiger charge is -2.26. The number of fused-ring (bicyclic) bond motifs is 1. The van der Waals surface area contributed by atoms with Crippen molar-refractivity contribution >= 4 is 17.3 Å². The van der Waals surface area contributed by atoms with E-state index in [1.807, 2.05) is 12.1 Å². The van der Waals surface area contributed by atoms with Crippen molar-refractivity contribution in [2.45, 2.75) is 13.0 Å². The number of rotatable bonds is 3. The van der Waals surface area contributed by atoms with Crippen molar-refractivity contribution in [3.63, 3.8) is 0 Å². The fraction of sp³-hybridized carbons (Fsp3) is 0.350. The van der Waals surface area contributed by atoms with Crippen molar-refractivity contribution in [3.8, 4) is 0 Å². The van der Waals surface area contributed by atoms with Crippen molar-refractivity contribution in [2.24, 2.45) is 0 Å². The molecule has 0 N–H and O–H groups in total. The number of carbonyl (C=O) groups is 1. The zero-order valence-electron chi connectivity index (χ0n) is 14.7. The van der Waals surface area contributed by atoms with Gasteiger partial charge in [-0.3, -0.25) is 4.79 Å².